The van der Waals surface area contributed by atoms with Crippen molar-refractivity contribution in [2.24, 2.45) is 0 Å². The number of nitrogen functional groups attached to an aromatic ring is 1. The standard InChI is InChI=1S/C19H23FN4O.2ClH/c1-2-23-9-11-24(12-10-23)18-8-7-14(13-15(18)20)19(25)22-17-6-4-3-5-16(17)21;;/h3-8,13H,2,9-12,21H2,1H3,(H,22,25);2*1H. The molecule has 0 radical (unpaired) electrons. The third-order valence-electron chi connectivity index (χ3n) is 4.58. The number of hydrogen-bond acceptors (Lipinski definition) is 4. The molecule has 1 aliphatic heterocycles. The number of likely N-dealkylation sites (N-methyl/N-ethyl adjacent to an activating group) is 1. The van der Waals surface area contributed by atoms with Crippen molar-refractivity contribution in [2.75, 3.05) is 48.7 Å². The smallest absolute Gasteiger partial charge is 0.255 e. The number of carbonyl (C=O) groups is 1. The van der Waals surface area contributed by atoms with Crippen molar-refractivity contribution in [3.05, 3.63) is 53.8 Å². The zero-order chi connectivity index (χ0) is 17.8. The van der Waals surface area contributed by atoms with Crippen LogP contribution < -0.4 is 16.0 Å². The van der Waals surface area contributed by atoms with Crippen LogP contribution in [-0.2, 0) is 0 Å². The number of nitrogens with two attached hydrogens (primary N) is 1. The predicted molar refractivity (Wildman–Crippen MR) is 114 cm³/mol. The summed E-state index contributed by atoms with van der Waals surface area (Å²) in [7, 11) is 0. The first kappa shape index (κ1) is 23.0. The van der Waals surface area contributed by atoms with E-state index in [-0.39, 0.29) is 42.1 Å². The van der Waals surface area contributed by atoms with Crippen LogP contribution in [0.25, 0.3) is 0 Å². The first-order chi connectivity index (χ1) is 12.1. The average molecular weight is 415 g/mol. The van der Waals surface area contributed by atoms with E-state index in [1.807, 2.05) is 4.90 Å². The van der Waals surface area contributed by atoms with Crippen LogP contribution in [0, 0.1) is 5.82 Å². The Bertz CT molecular complexity index is 767. The van der Waals surface area contributed by atoms with Gasteiger partial charge in [-0.05, 0) is 36.9 Å². The highest BCUT2D eigenvalue weighted by atomic mass is 35.5. The Kier molecular flexibility index (Phi) is 8.82. The number of anilines is 3. The number of nitrogens with zero attached hydrogens (tertiary/aromatic N) is 2. The molecule has 0 atom stereocenters. The molecule has 0 saturated carbocycles. The maximum absolute atomic E-state index is 14.5. The molecule has 27 heavy (non-hydrogen) atoms. The molecule has 0 spiro atoms. The number of amides is 1. The Morgan fingerprint density at radius 3 is 2.37 bits per heavy atom. The van der Waals surface area contributed by atoms with E-state index >= 15 is 0 Å². The van der Waals surface area contributed by atoms with Gasteiger partial charge in [0, 0.05) is 31.7 Å². The fraction of sp³-hybridized carbons (Fsp3) is 0.316. The summed E-state index contributed by atoms with van der Waals surface area (Å²) in [5.74, 6) is -0.752. The van der Waals surface area contributed by atoms with Crippen molar-refractivity contribution in [1.29, 1.82) is 0 Å². The molecule has 8 heteroatoms. The third-order valence-corrected chi connectivity index (χ3v) is 4.58. The molecular formula is C19H25Cl2FN4O. The quantitative estimate of drug-likeness (QED) is 0.749. The normalized spacial score (nSPS) is 14.1. The van der Waals surface area contributed by atoms with Crippen molar-refractivity contribution in [3.63, 3.8) is 0 Å². The molecule has 0 unspecified atom stereocenters. The van der Waals surface area contributed by atoms with Gasteiger partial charge in [-0.25, -0.2) is 4.39 Å². The summed E-state index contributed by atoms with van der Waals surface area (Å²) in [5, 5.41) is 2.72. The molecule has 3 N–H and O–H groups in total. The number of piperazine rings is 1. The second-order valence-electron chi connectivity index (χ2n) is 6.13. The van der Waals surface area contributed by atoms with E-state index in [1.54, 1.807) is 36.4 Å². The molecule has 1 fully saturated rings. The van der Waals surface area contributed by atoms with E-state index in [0.717, 1.165) is 32.7 Å². The minimum Gasteiger partial charge on any atom is -0.397 e. The third kappa shape index (κ3) is 5.48. The Morgan fingerprint density at radius 1 is 1.11 bits per heavy atom. The fourth-order valence-electron chi connectivity index (χ4n) is 3.01. The lowest BCUT2D eigenvalue weighted by Crippen LogP contribution is -2.46. The highest BCUT2D eigenvalue weighted by Crippen LogP contribution is 2.23. The molecule has 2 aromatic carbocycles. The van der Waals surface area contributed by atoms with Crippen LogP contribution in [-0.4, -0.2) is 43.5 Å². The summed E-state index contributed by atoms with van der Waals surface area (Å²) < 4.78 is 14.5. The number of halogens is 3. The zero-order valence-corrected chi connectivity index (χ0v) is 16.8. The molecule has 1 heterocycles. The number of para-hydroxylation sites is 2. The summed E-state index contributed by atoms with van der Waals surface area (Å²) in [5.41, 5.74) is 7.64. The van der Waals surface area contributed by atoms with Gasteiger partial charge in [0.05, 0.1) is 17.1 Å². The first-order valence-electron chi connectivity index (χ1n) is 8.51. The predicted octanol–water partition coefficient (Wildman–Crippen LogP) is 3.65. The molecule has 148 valence electrons. The lowest BCUT2D eigenvalue weighted by molar-refractivity contribution is 0.102. The van der Waals surface area contributed by atoms with Gasteiger partial charge in [-0.15, -0.1) is 24.8 Å². The van der Waals surface area contributed by atoms with Crippen LogP contribution in [0.4, 0.5) is 21.5 Å². The van der Waals surface area contributed by atoms with Gasteiger partial charge in [-0.3, -0.25) is 4.79 Å². The number of rotatable bonds is 4. The Morgan fingerprint density at radius 2 is 1.78 bits per heavy atom. The SMILES string of the molecule is CCN1CCN(c2ccc(C(=O)Nc3ccccc3N)cc2F)CC1.Cl.Cl. The van der Waals surface area contributed by atoms with Crippen molar-refractivity contribution in [1.82, 2.24) is 4.90 Å². The van der Waals surface area contributed by atoms with Crippen molar-refractivity contribution in [3.8, 4) is 0 Å². The van der Waals surface area contributed by atoms with E-state index in [9.17, 15) is 9.18 Å². The molecule has 0 aromatic heterocycles. The highest BCUT2D eigenvalue weighted by molar-refractivity contribution is 6.05. The van der Waals surface area contributed by atoms with E-state index in [1.165, 1.54) is 6.07 Å². The van der Waals surface area contributed by atoms with Gasteiger partial charge in [-0.2, -0.15) is 0 Å². The first-order valence-corrected chi connectivity index (χ1v) is 8.51. The van der Waals surface area contributed by atoms with Crippen LogP contribution in [0.3, 0.4) is 0 Å². The monoisotopic (exact) mass is 414 g/mol. The highest BCUT2D eigenvalue weighted by Gasteiger charge is 2.19. The zero-order valence-electron chi connectivity index (χ0n) is 15.2. The van der Waals surface area contributed by atoms with Crippen molar-refractivity contribution in [2.45, 2.75) is 6.92 Å². The number of hydrogen-bond donors (Lipinski definition) is 2. The second-order valence-corrected chi connectivity index (χ2v) is 6.13. The molecule has 2 aromatic rings. The van der Waals surface area contributed by atoms with Crippen molar-refractivity contribution >= 4 is 47.8 Å². The van der Waals surface area contributed by atoms with Crippen LogP contribution in [0.5, 0.6) is 0 Å². The molecule has 1 amide bonds. The van der Waals surface area contributed by atoms with Crippen LogP contribution in [0.15, 0.2) is 42.5 Å². The molecule has 0 bridgehead atoms. The van der Waals surface area contributed by atoms with Gasteiger partial charge in [0.15, 0.2) is 0 Å². The molecule has 3 rings (SSSR count). The topological polar surface area (TPSA) is 61.6 Å². The van der Waals surface area contributed by atoms with E-state index in [0.29, 0.717) is 17.1 Å². The lowest BCUT2D eigenvalue weighted by atomic mass is 10.1. The number of benzene rings is 2. The van der Waals surface area contributed by atoms with Crippen LogP contribution in [0.2, 0.25) is 0 Å². The largest absolute Gasteiger partial charge is 0.397 e. The van der Waals surface area contributed by atoms with Gasteiger partial charge in [0.25, 0.3) is 5.91 Å². The number of carbonyl (C=O) groups excluding carboxylic acids is 1. The second kappa shape index (κ2) is 10.3. The summed E-state index contributed by atoms with van der Waals surface area (Å²) in [4.78, 5) is 16.7. The maximum Gasteiger partial charge on any atom is 0.255 e. The van der Waals surface area contributed by atoms with Gasteiger partial charge in [0.1, 0.15) is 5.82 Å². The summed E-state index contributed by atoms with van der Waals surface area (Å²) in [6.45, 7) is 6.56. The van der Waals surface area contributed by atoms with E-state index in [2.05, 4.69) is 17.1 Å². The Balaban J connectivity index is 0.00000182. The number of nitrogens with one attached hydrogen (secondary N) is 1. The lowest BCUT2D eigenvalue weighted by Gasteiger charge is -2.35. The van der Waals surface area contributed by atoms with Gasteiger partial charge in [0.2, 0.25) is 0 Å². The minimum atomic E-state index is -0.376. The van der Waals surface area contributed by atoms with Gasteiger partial charge in [-0.1, -0.05) is 19.1 Å². The fourth-order valence-corrected chi connectivity index (χ4v) is 3.01. The van der Waals surface area contributed by atoms with Crippen LogP contribution >= 0.6 is 24.8 Å². The average Bonchev–Trinajstić information content (AvgIpc) is 2.63. The molecular weight excluding hydrogens is 390 g/mol. The van der Waals surface area contributed by atoms with E-state index in [4.69, 9.17) is 5.73 Å². The molecule has 1 aliphatic rings. The van der Waals surface area contributed by atoms with Crippen LogP contribution in [0.1, 0.15) is 17.3 Å². The summed E-state index contributed by atoms with van der Waals surface area (Å²) in [6, 6.07) is 11.6. The van der Waals surface area contributed by atoms with Crippen molar-refractivity contribution < 1.29 is 9.18 Å². The van der Waals surface area contributed by atoms with Gasteiger partial charge >= 0.3 is 0 Å². The molecule has 0 aliphatic carbocycles. The summed E-state index contributed by atoms with van der Waals surface area (Å²) >= 11 is 0. The Hall–Kier alpha value is -2.02. The maximum atomic E-state index is 14.5. The molecule has 1 saturated heterocycles. The summed E-state index contributed by atoms with van der Waals surface area (Å²) in [6.07, 6.45) is 0. The van der Waals surface area contributed by atoms with E-state index < -0.39 is 0 Å². The Labute approximate surface area is 171 Å². The molecule has 5 nitrogen and oxygen atoms in total. The van der Waals surface area contributed by atoms with Gasteiger partial charge < -0.3 is 20.9 Å². The minimum absolute atomic E-state index is 0.